The van der Waals surface area contributed by atoms with Crippen LogP contribution >= 0.6 is 11.6 Å². The van der Waals surface area contributed by atoms with Crippen molar-refractivity contribution in [3.8, 4) is 0 Å². The summed E-state index contributed by atoms with van der Waals surface area (Å²) in [6.07, 6.45) is 0. The lowest BCUT2D eigenvalue weighted by atomic mass is 9.99. The molecular weight excluding hydrogens is 236 g/mol. The lowest BCUT2D eigenvalue weighted by Crippen LogP contribution is -2.45. The van der Waals surface area contributed by atoms with Crippen LogP contribution in [-0.2, 0) is 0 Å². The quantitative estimate of drug-likeness (QED) is 0.851. The van der Waals surface area contributed by atoms with Crippen molar-refractivity contribution in [2.75, 3.05) is 39.3 Å². The third-order valence-corrected chi connectivity index (χ3v) is 3.60. The summed E-state index contributed by atoms with van der Waals surface area (Å²) in [5.41, 5.74) is 1.05. The molecule has 1 aromatic carbocycles. The summed E-state index contributed by atoms with van der Waals surface area (Å²) in [5, 5.41) is 13.6. The minimum absolute atomic E-state index is 0.113. The van der Waals surface area contributed by atoms with Gasteiger partial charge in [0.2, 0.25) is 0 Å². The number of nitrogens with one attached hydrogen (secondary N) is 1. The van der Waals surface area contributed by atoms with Gasteiger partial charge in [0.25, 0.3) is 0 Å². The van der Waals surface area contributed by atoms with Crippen LogP contribution in [0.2, 0.25) is 5.02 Å². The van der Waals surface area contributed by atoms with Crippen LogP contribution in [0.25, 0.3) is 0 Å². The smallest absolute Gasteiger partial charge is 0.0512 e. The molecular formula is C13H19ClN2O. The molecule has 1 unspecified atom stereocenters. The van der Waals surface area contributed by atoms with Gasteiger partial charge in [-0.05, 0) is 11.6 Å². The highest BCUT2D eigenvalue weighted by Gasteiger charge is 2.18. The molecule has 94 valence electrons. The number of nitrogens with zero attached hydrogens (tertiary/aromatic N) is 1. The van der Waals surface area contributed by atoms with Gasteiger partial charge in [0, 0.05) is 43.7 Å². The molecule has 3 nitrogen and oxygen atoms in total. The molecule has 1 atom stereocenters. The van der Waals surface area contributed by atoms with Crippen molar-refractivity contribution < 1.29 is 5.11 Å². The lowest BCUT2D eigenvalue weighted by Gasteiger charge is -2.30. The van der Waals surface area contributed by atoms with Crippen molar-refractivity contribution >= 4 is 11.6 Å². The Labute approximate surface area is 107 Å². The Hall–Kier alpha value is -0.610. The first-order valence-electron chi connectivity index (χ1n) is 6.09. The molecule has 1 aromatic rings. The van der Waals surface area contributed by atoms with Crippen LogP contribution in [0.15, 0.2) is 24.3 Å². The number of aliphatic hydroxyl groups excluding tert-OH is 1. The van der Waals surface area contributed by atoms with Crippen LogP contribution in [0.1, 0.15) is 11.5 Å². The molecule has 1 fully saturated rings. The second kappa shape index (κ2) is 6.36. The fourth-order valence-corrected chi connectivity index (χ4v) is 2.56. The van der Waals surface area contributed by atoms with Crippen LogP contribution in [0.3, 0.4) is 0 Å². The van der Waals surface area contributed by atoms with Crippen molar-refractivity contribution in [3.63, 3.8) is 0 Å². The Bertz CT molecular complexity index is 353. The van der Waals surface area contributed by atoms with Gasteiger partial charge >= 0.3 is 0 Å². The largest absolute Gasteiger partial charge is 0.396 e. The van der Waals surface area contributed by atoms with Crippen LogP contribution in [0.4, 0.5) is 0 Å². The first-order chi connectivity index (χ1) is 8.31. The van der Waals surface area contributed by atoms with Crippen LogP contribution in [-0.4, -0.2) is 49.3 Å². The van der Waals surface area contributed by atoms with Gasteiger partial charge in [-0.3, -0.25) is 0 Å². The van der Waals surface area contributed by atoms with Crippen molar-refractivity contribution in [1.29, 1.82) is 0 Å². The number of hydrogen-bond donors (Lipinski definition) is 2. The van der Waals surface area contributed by atoms with E-state index in [0.29, 0.717) is 0 Å². The normalized spacial score (nSPS) is 19.2. The maximum atomic E-state index is 9.53. The summed E-state index contributed by atoms with van der Waals surface area (Å²) in [6, 6.07) is 7.79. The highest BCUT2D eigenvalue weighted by atomic mass is 35.5. The Balaban J connectivity index is 2.03. The van der Waals surface area contributed by atoms with E-state index < -0.39 is 0 Å². The monoisotopic (exact) mass is 254 g/mol. The molecule has 17 heavy (non-hydrogen) atoms. The fraction of sp³-hybridized carbons (Fsp3) is 0.538. The Morgan fingerprint density at radius 1 is 1.29 bits per heavy atom. The van der Waals surface area contributed by atoms with Crippen LogP contribution < -0.4 is 5.32 Å². The van der Waals surface area contributed by atoms with E-state index in [4.69, 9.17) is 11.6 Å². The third kappa shape index (κ3) is 3.42. The highest BCUT2D eigenvalue weighted by molar-refractivity contribution is 6.31. The van der Waals surface area contributed by atoms with Crippen LogP contribution in [0, 0.1) is 0 Å². The SMILES string of the molecule is OCC(CN1CCNCC1)c1ccccc1Cl. The first-order valence-corrected chi connectivity index (χ1v) is 6.47. The van der Waals surface area contributed by atoms with E-state index >= 15 is 0 Å². The molecule has 0 aromatic heterocycles. The van der Waals surface area contributed by atoms with Crippen molar-refractivity contribution in [2.45, 2.75) is 5.92 Å². The van der Waals surface area contributed by atoms with Gasteiger partial charge in [-0.1, -0.05) is 29.8 Å². The van der Waals surface area contributed by atoms with E-state index in [1.165, 1.54) is 0 Å². The summed E-state index contributed by atoms with van der Waals surface area (Å²) in [5.74, 6) is 0.113. The molecule has 2 rings (SSSR count). The first kappa shape index (κ1) is 12.8. The minimum atomic E-state index is 0.113. The molecule has 1 heterocycles. The maximum Gasteiger partial charge on any atom is 0.0512 e. The molecule has 1 aliphatic heterocycles. The number of benzene rings is 1. The average Bonchev–Trinajstić information content (AvgIpc) is 2.38. The van der Waals surface area contributed by atoms with Crippen molar-refractivity contribution in [1.82, 2.24) is 10.2 Å². The summed E-state index contributed by atoms with van der Waals surface area (Å²) in [7, 11) is 0. The summed E-state index contributed by atoms with van der Waals surface area (Å²) >= 11 is 6.17. The number of halogens is 1. The molecule has 1 aliphatic rings. The molecule has 1 saturated heterocycles. The predicted octanol–water partition coefficient (Wildman–Crippen LogP) is 1.32. The van der Waals surface area contributed by atoms with Gasteiger partial charge in [-0.25, -0.2) is 0 Å². The molecule has 0 saturated carbocycles. The van der Waals surface area contributed by atoms with Gasteiger partial charge in [0.05, 0.1) is 6.61 Å². The zero-order chi connectivity index (χ0) is 12.1. The van der Waals surface area contributed by atoms with Crippen molar-refractivity contribution in [2.24, 2.45) is 0 Å². The maximum absolute atomic E-state index is 9.53. The van der Waals surface area contributed by atoms with E-state index in [-0.39, 0.29) is 12.5 Å². The Morgan fingerprint density at radius 3 is 2.65 bits per heavy atom. The molecule has 0 bridgehead atoms. The fourth-order valence-electron chi connectivity index (χ4n) is 2.27. The van der Waals surface area contributed by atoms with Gasteiger partial charge in [0.1, 0.15) is 0 Å². The van der Waals surface area contributed by atoms with E-state index in [9.17, 15) is 5.11 Å². The van der Waals surface area contributed by atoms with Gasteiger partial charge in [-0.2, -0.15) is 0 Å². The Morgan fingerprint density at radius 2 is 2.00 bits per heavy atom. The molecule has 0 radical (unpaired) electrons. The van der Waals surface area contributed by atoms with E-state index in [1.54, 1.807) is 0 Å². The predicted molar refractivity (Wildman–Crippen MR) is 70.6 cm³/mol. The molecule has 0 spiro atoms. The molecule has 2 N–H and O–H groups in total. The topological polar surface area (TPSA) is 35.5 Å². The number of aliphatic hydroxyl groups is 1. The van der Waals surface area contributed by atoms with E-state index in [0.717, 1.165) is 43.3 Å². The second-order valence-electron chi connectivity index (χ2n) is 4.45. The second-order valence-corrected chi connectivity index (χ2v) is 4.86. The summed E-state index contributed by atoms with van der Waals surface area (Å²) < 4.78 is 0. The summed E-state index contributed by atoms with van der Waals surface area (Å²) in [6.45, 7) is 5.17. The minimum Gasteiger partial charge on any atom is -0.396 e. The van der Waals surface area contributed by atoms with Gasteiger partial charge in [-0.15, -0.1) is 0 Å². The van der Waals surface area contributed by atoms with E-state index in [2.05, 4.69) is 10.2 Å². The highest BCUT2D eigenvalue weighted by Crippen LogP contribution is 2.24. The number of hydrogen-bond acceptors (Lipinski definition) is 3. The molecule has 0 aliphatic carbocycles. The van der Waals surface area contributed by atoms with Crippen LogP contribution in [0.5, 0.6) is 0 Å². The molecule has 4 heteroatoms. The zero-order valence-electron chi connectivity index (χ0n) is 9.90. The van der Waals surface area contributed by atoms with Gasteiger partial charge in [0.15, 0.2) is 0 Å². The van der Waals surface area contributed by atoms with Crippen molar-refractivity contribution in [3.05, 3.63) is 34.9 Å². The third-order valence-electron chi connectivity index (χ3n) is 3.25. The zero-order valence-corrected chi connectivity index (χ0v) is 10.7. The number of piperazine rings is 1. The van der Waals surface area contributed by atoms with Gasteiger partial charge < -0.3 is 15.3 Å². The standard InChI is InChI=1S/C13H19ClN2O/c14-13-4-2-1-3-12(13)11(10-17)9-16-7-5-15-6-8-16/h1-4,11,15,17H,5-10H2. The molecule has 0 amide bonds. The number of rotatable bonds is 4. The Kier molecular flexibility index (Phi) is 4.80. The van der Waals surface area contributed by atoms with E-state index in [1.807, 2.05) is 24.3 Å². The lowest BCUT2D eigenvalue weighted by molar-refractivity contribution is 0.185. The average molecular weight is 255 g/mol. The summed E-state index contributed by atoms with van der Waals surface area (Å²) in [4.78, 5) is 2.38.